The van der Waals surface area contributed by atoms with Crippen molar-refractivity contribution in [3.63, 3.8) is 0 Å². The summed E-state index contributed by atoms with van der Waals surface area (Å²) in [6.07, 6.45) is 11.3. The number of nitrogens with zero attached hydrogens (tertiary/aromatic N) is 1. The van der Waals surface area contributed by atoms with E-state index in [4.69, 9.17) is 18.9 Å². The first kappa shape index (κ1) is 40.3. The summed E-state index contributed by atoms with van der Waals surface area (Å²) in [5.41, 5.74) is 3.66. The van der Waals surface area contributed by atoms with Gasteiger partial charge in [-0.15, -0.1) is 0 Å². The molecule has 1 heterocycles. The van der Waals surface area contributed by atoms with Crippen molar-refractivity contribution in [1.29, 1.82) is 0 Å². The molecule has 0 unspecified atom stereocenters. The van der Waals surface area contributed by atoms with E-state index in [-0.39, 0.29) is 0 Å². The molecular weight excluding hydrogens is 536 g/mol. The van der Waals surface area contributed by atoms with Crippen LogP contribution in [0.3, 0.4) is 0 Å². The summed E-state index contributed by atoms with van der Waals surface area (Å²) in [6.45, 7) is 12.3. The van der Waals surface area contributed by atoms with Crippen LogP contribution in [-0.2, 0) is 47.6 Å². The van der Waals surface area contributed by atoms with E-state index in [0.717, 1.165) is 109 Å². The zero-order valence-corrected chi connectivity index (χ0v) is 25.6. The van der Waals surface area contributed by atoms with Crippen LogP contribution in [0.1, 0.15) is 58.8 Å². The minimum absolute atomic E-state index is 0.361. The summed E-state index contributed by atoms with van der Waals surface area (Å²) in [7, 11) is 2.50. The van der Waals surface area contributed by atoms with Gasteiger partial charge in [-0.1, -0.05) is 13.3 Å². The number of carbonyl (C=O) groups excluding carboxylic acids is 4. The maximum atomic E-state index is 11.2. The lowest BCUT2D eigenvalue weighted by molar-refractivity contribution is -0.368. The van der Waals surface area contributed by atoms with Gasteiger partial charge in [-0.3, -0.25) is 4.90 Å². The predicted molar refractivity (Wildman–Crippen MR) is 154 cm³/mol. The second-order valence-corrected chi connectivity index (χ2v) is 8.67. The monoisotopic (exact) mass is 589 g/mol. The largest absolute Gasteiger partial charge is 0.466 e. The van der Waals surface area contributed by atoms with E-state index in [1.54, 1.807) is 0 Å². The van der Waals surface area contributed by atoms with Gasteiger partial charge in [-0.05, 0) is 52.0 Å². The number of hydrogen-bond donors (Lipinski definition) is 1. The molecule has 0 saturated carbocycles. The summed E-state index contributed by atoms with van der Waals surface area (Å²) in [5, 5.41) is 0. The second-order valence-electron chi connectivity index (χ2n) is 8.67. The molecule has 3 N–H and O–H groups in total. The van der Waals surface area contributed by atoms with Crippen molar-refractivity contribution in [2.45, 2.75) is 58.8 Å². The molecule has 0 atom stereocenters. The molecule has 0 aromatic carbocycles. The molecule has 0 radical (unpaired) electrons. The number of carbonyl (C=O) groups is 4. The van der Waals surface area contributed by atoms with Gasteiger partial charge in [-0.25, -0.2) is 19.2 Å². The van der Waals surface area contributed by atoms with E-state index in [2.05, 4.69) is 27.0 Å². The van der Waals surface area contributed by atoms with Crippen LogP contribution in [-0.4, -0.2) is 109 Å². The van der Waals surface area contributed by atoms with E-state index < -0.39 is 23.9 Å². The maximum absolute atomic E-state index is 11.2. The minimum Gasteiger partial charge on any atom is -0.466 e. The Morgan fingerprint density at radius 2 is 1.22 bits per heavy atom. The van der Waals surface area contributed by atoms with Crippen molar-refractivity contribution in [2.24, 2.45) is 0 Å². The van der Waals surface area contributed by atoms with Crippen LogP contribution in [0.25, 0.3) is 0 Å². The molecule has 0 amide bonds. The first-order chi connectivity index (χ1) is 19.8. The van der Waals surface area contributed by atoms with Crippen LogP contribution in [0, 0.1) is 0 Å². The lowest BCUT2D eigenvalue weighted by Gasteiger charge is -2.26. The zero-order chi connectivity index (χ0) is 31.0. The molecule has 1 rings (SSSR count). The molecule has 12 nitrogen and oxygen atoms in total. The standard InChI is InChI=1S/C14H23NO5.C9H15NO4.C6H14O/c1-18-13(16)5-6-14(17)20-10-4-2-3-7-15-8-11-19-12-9-15;1-13-8(11)4-5-9(12)14-7-3-2-6-10;1-3-5-6-7-4-2/h5-6H,2-4,7-12H2,1H3;4-5H,2-3,6-7,10H2,1H3;3-6H2,1-2H3/p+1/b6-5+;5-4+;. The van der Waals surface area contributed by atoms with E-state index in [9.17, 15) is 19.2 Å². The molecule has 0 spiro atoms. The SMILES string of the molecule is CCCCOCC.COC(=O)/C=C/C(=O)OCCCCCN1CCOCC1.COC(=O)/C=C/C(=O)OCCCC[NH3+]. The quantitative estimate of drug-likeness (QED) is 0.108. The lowest BCUT2D eigenvalue weighted by Crippen LogP contribution is -2.50. The van der Waals surface area contributed by atoms with Gasteiger partial charge in [0.1, 0.15) is 0 Å². The molecular formula is C29H53N2O10+. The number of hydrogen-bond acceptors (Lipinski definition) is 11. The van der Waals surface area contributed by atoms with E-state index >= 15 is 0 Å². The molecule has 0 bridgehead atoms. The van der Waals surface area contributed by atoms with Gasteiger partial charge in [0, 0.05) is 50.6 Å². The lowest BCUT2D eigenvalue weighted by atomic mass is 10.2. The van der Waals surface area contributed by atoms with Crippen LogP contribution in [0.5, 0.6) is 0 Å². The smallest absolute Gasteiger partial charge is 0.331 e. The average Bonchev–Trinajstić information content (AvgIpc) is 3.00. The number of esters is 4. The Morgan fingerprint density at radius 3 is 1.68 bits per heavy atom. The zero-order valence-electron chi connectivity index (χ0n) is 25.6. The van der Waals surface area contributed by atoms with Crippen molar-refractivity contribution in [3.05, 3.63) is 24.3 Å². The normalized spacial score (nSPS) is 13.0. The van der Waals surface area contributed by atoms with Crippen molar-refractivity contribution in [3.8, 4) is 0 Å². The topological polar surface area (TPSA) is 155 Å². The van der Waals surface area contributed by atoms with Crippen LogP contribution in [0.4, 0.5) is 0 Å². The molecule has 1 saturated heterocycles. The summed E-state index contributed by atoms with van der Waals surface area (Å²) in [5.74, 6) is -2.17. The second kappa shape index (κ2) is 31.7. The first-order valence-corrected chi connectivity index (χ1v) is 14.4. The molecule has 1 aliphatic heterocycles. The number of rotatable bonds is 18. The average molecular weight is 590 g/mol. The highest BCUT2D eigenvalue weighted by Gasteiger charge is 2.09. The van der Waals surface area contributed by atoms with Crippen LogP contribution in [0.15, 0.2) is 24.3 Å². The van der Waals surface area contributed by atoms with Crippen LogP contribution >= 0.6 is 0 Å². The Labute approximate surface area is 245 Å². The number of morpholine rings is 1. The summed E-state index contributed by atoms with van der Waals surface area (Å²) >= 11 is 0. The van der Waals surface area contributed by atoms with Gasteiger partial charge >= 0.3 is 23.9 Å². The fraction of sp³-hybridized carbons (Fsp3) is 0.724. The summed E-state index contributed by atoms with van der Waals surface area (Å²) in [4.78, 5) is 45.8. The summed E-state index contributed by atoms with van der Waals surface area (Å²) in [6, 6.07) is 0. The van der Waals surface area contributed by atoms with Crippen LogP contribution in [0.2, 0.25) is 0 Å². The number of methoxy groups -OCH3 is 2. The highest BCUT2D eigenvalue weighted by atomic mass is 16.5. The van der Waals surface area contributed by atoms with E-state index in [0.29, 0.717) is 13.2 Å². The van der Waals surface area contributed by atoms with Gasteiger partial charge in [-0.2, -0.15) is 0 Å². The number of ether oxygens (including phenoxy) is 6. The third kappa shape index (κ3) is 31.6. The van der Waals surface area contributed by atoms with Crippen molar-refractivity contribution in [1.82, 2.24) is 4.90 Å². The van der Waals surface area contributed by atoms with Crippen molar-refractivity contribution < 1.29 is 53.3 Å². The highest BCUT2D eigenvalue weighted by molar-refractivity contribution is 5.92. The molecule has 12 heteroatoms. The number of unbranched alkanes of at least 4 members (excludes halogenated alkanes) is 4. The van der Waals surface area contributed by atoms with Crippen LogP contribution < -0.4 is 5.73 Å². The molecule has 238 valence electrons. The Kier molecular flexibility index (Phi) is 31.2. The fourth-order valence-corrected chi connectivity index (χ4v) is 2.96. The van der Waals surface area contributed by atoms with E-state index in [1.165, 1.54) is 27.1 Å². The minimum atomic E-state index is -0.570. The van der Waals surface area contributed by atoms with Gasteiger partial charge in [0.15, 0.2) is 0 Å². The van der Waals surface area contributed by atoms with Crippen molar-refractivity contribution >= 4 is 23.9 Å². The molecule has 0 aliphatic carbocycles. The third-order valence-corrected chi connectivity index (χ3v) is 5.32. The summed E-state index contributed by atoms with van der Waals surface area (Å²) < 4.78 is 28.8. The Bertz CT molecular complexity index is 718. The van der Waals surface area contributed by atoms with Gasteiger partial charge in [0.05, 0.1) is 47.2 Å². The van der Waals surface area contributed by atoms with Gasteiger partial charge in [0.25, 0.3) is 0 Å². The third-order valence-electron chi connectivity index (χ3n) is 5.32. The Balaban J connectivity index is 0. The molecule has 41 heavy (non-hydrogen) atoms. The Hall–Kier alpha value is -2.80. The van der Waals surface area contributed by atoms with Crippen molar-refractivity contribution in [2.75, 3.05) is 80.0 Å². The predicted octanol–water partition coefficient (Wildman–Crippen LogP) is 1.87. The van der Waals surface area contributed by atoms with E-state index in [1.807, 2.05) is 6.92 Å². The maximum Gasteiger partial charge on any atom is 0.331 e. The molecule has 0 aromatic heterocycles. The Morgan fingerprint density at radius 1 is 0.707 bits per heavy atom. The molecule has 0 aromatic rings. The van der Waals surface area contributed by atoms with Gasteiger partial charge < -0.3 is 34.2 Å². The van der Waals surface area contributed by atoms with Gasteiger partial charge in [0.2, 0.25) is 0 Å². The first-order valence-electron chi connectivity index (χ1n) is 14.4. The molecule has 1 aliphatic rings. The molecule has 1 fully saturated rings. The fourth-order valence-electron chi connectivity index (χ4n) is 2.96. The highest BCUT2D eigenvalue weighted by Crippen LogP contribution is 2.02. The number of quaternary nitrogens is 1.